The summed E-state index contributed by atoms with van der Waals surface area (Å²) in [5.41, 5.74) is -1.35. The first-order valence-corrected chi connectivity index (χ1v) is 11.8. The number of anilines is 1. The number of aromatic nitrogens is 2. The number of benzene rings is 2. The second-order valence-electron chi connectivity index (χ2n) is 9.38. The van der Waals surface area contributed by atoms with E-state index in [0.717, 1.165) is 18.2 Å². The number of halogens is 14. The lowest BCUT2D eigenvalue weighted by Crippen LogP contribution is -2.51. The molecule has 3 rings (SSSR count). The Morgan fingerprint density at radius 1 is 0.756 bits per heavy atom. The van der Waals surface area contributed by atoms with E-state index < -0.39 is 82.1 Å². The van der Waals surface area contributed by atoms with Crippen molar-refractivity contribution in [2.75, 3.05) is 5.32 Å². The number of alkyl halides is 14. The molecule has 1 heterocycles. The van der Waals surface area contributed by atoms with Crippen LogP contribution in [0.1, 0.15) is 43.2 Å². The number of hydrogen-bond acceptors (Lipinski definition) is 3. The van der Waals surface area contributed by atoms with Gasteiger partial charge >= 0.3 is 36.0 Å². The molecule has 0 bridgehead atoms. The van der Waals surface area contributed by atoms with Crippen LogP contribution in [0.4, 0.5) is 67.2 Å². The Balaban J connectivity index is 2.09. The van der Waals surface area contributed by atoms with E-state index in [1.54, 1.807) is 0 Å². The van der Waals surface area contributed by atoms with Crippen molar-refractivity contribution in [1.82, 2.24) is 9.78 Å². The van der Waals surface area contributed by atoms with E-state index in [-0.39, 0.29) is 22.4 Å². The highest BCUT2D eigenvalue weighted by atomic mass is 19.4. The summed E-state index contributed by atoms with van der Waals surface area (Å²) in [6, 6.07) is 6.89. The van der Waals surface area contributed by atoms with Crippen molar-refractivity contribution in [2.45, 2.75) is 49.5 Å². The van der Waals surface area contributed by atoms with Gasteiger partial charge in [0.1, 0.15) is 11.4 Å². The molecular formula is C25H16F14N4O2. The quantitative estimate of drug-likeness (QED) is 0.237. The van der Waals surface area contributed by atoms with E-state index in [2.05, 4.69) is 10.4 Å². The van der Waals surface area contributed by atoms with Gasteiger partial charge < -0.3 is 11.1 Å². The van der Waals surface area contributed by atoms with Gasteiger partial charge in [-0.1, -0.05) is 24.3 Å². The number of rotatable bonds is 9. The summed E-state index contributed by atoms with van der Waals surface area (Å²) >= 11 is 0. The fourth-order valence-corrected chi connectivity index (χ4v) is 3.84. The molecule has 6 nitrogen and oxygen atoms in total. The summed E-state index contributed by atoms with van der Waals surface area (Å²) in [5, 5.41) is 4.82. The fourth-order valence-electron chi connectivity index (χ4n) is 3.84. The fraction of sp³-hybridized carbons (Fsp3) is 0.320. The molecule has 0 aliphatic carbocycles. The second kappa shape index (κ2) is 11.2. The van der Waals surface area contributed by atoms with Crippen molar-refractivity contribution < 1.29 is 71.1 Å². The van der Waals surface area contributed by atoms with Crippen LogP contribution < -0.4 is 11.1 Å². The molecule has 1 aromatic heterocycles. The average Bonchev–Trinajstić information content (AvgIpc) is 3.34. The van der Waals surface area contributed by atoms with Gasteiger partial charge in [0.2, 0.25) is 5.91 Å². The minimum atomic E-state index is -7.05. The van der Waals surface area contributed by atoms with Gasteiger partial charge in [0.15, 0.2) is 0 Å². The first-order valence-electron chi connectivity index (χ1n) is 11.8. The molecule has 0 saturated heterocycles. The smallest absolute Gasteiger partial charge is 0.366 e. The topological polar surface area (TPSA) is 90.0 Å². The molecule has 0 radical (unpaired) electrons. The minimum Gasteiger partial charge on any atom is -0.366 e. The molecule has 246 valence electrons. The van der Waals surface area contributed by atoms with Crippen LogP contribution in [0.3, 0.4) is 0 Å². The van der Waals surface area contributed by atoms with Crippen LogP contribution in [0.25, 0.3) is 0 Å². The largest absolute Gasteiger partial charge is 0.460 e. The second-order valence-corrected chi connectivity index (χ2v) is 9.38. The summed E-state index contributed by atoms with van der Waals surface area (Å²) in [7, 11) is 0. The number of carbonyl (C=O) groups is 2. The maximum absolute atomic E-state index is 14.6. The molecular weight excluding hydrogens is 654 g/mol. The number of aryl methyl sites for hydroxylation is 1. The van der Waals surface area contributed by atoms with Crippen LogP contribution in [0.2, 0.25) is 0 Å². The monoisotopic (exact) mass is 670 g/mol. The molecule has 0 atom stereocenters. The first kappa shape index (κ1) is 35.1. The van der Waals surface area contributed by atoms with E-state index in [9.17, 15) is 71.1 Å². The van der Waals surface area contributed by atoms with Crippen LogP contribution in [0.5, 0.6) is 0 Å². The van der Waals surface area contributed by atoms with E-state index in [4.69, 9.17) is 5.73 Å². The van der Waals surface area contributed by atoms with Crippen molar-refractivity contribution in [3.63, 3.8) is 0 Å². The summed E-state index contributed by atoms with van der Waals surface area (Å²) in [6.45, 7) is -0.217. The number of nitrogens with zero attached hydrogens (tertiary/aromatic N) is 2. The standard InChI is InChI=1S/C25H16F14N4O2/c1-11-8-12(6-7-15(11)41-19(45)14-5-3-2-4-13(14)18(40)44)10-43-17(21(28,29)23(32,33)25(37,38)39)9-16(42-43)20(26,27)22(30,31)24(34,35)36/h2-9H,10H2,1H3,(H2,40,44)(H,41,45). The minimum absolute atomic E-state index is 0.00680. The molecule has 3 aromatic rings. The lowest BCUT2D eigenvalue weighted by molar-refractivity contribution is -0.361. The number of nitrogens with two attached hydrogens (primary N) is 1. The molecule has 0 saturated carbocycles. The Kier molecular flexibility index (Phi) is 8.73. The third-order valence-corrected chi connectivity index (χ3v) is 6.23. The van der Waals surface area contributed by atoms with Gasteiger partial charge in [-0.25, -0.2) is 0 Å². The van der Waals surface area contributed by atoms with Gasteiger partial charge in [-0.3, -0.25) is 14.3 Å². The molecule has 0 fully saturated rings. The molecule has 0 aliphatic rings. The predicted molar refractivity (Wildman–Crippen MR) is 125 cm³/mol. The zero-order valence-corrected chi connectivity index (χ0v) is 21.9. The normalized spacial score (nSPS) is 13.6. The SMILES string of the molecule is Cc1cc(Cn2nc(C(F)(F)C(F)(F)C(F)(F)F)cc2C(F)(F)C(F)(F)C(F)(F)F)ccc1NC(=O)c1ccccc1C(N)=O. The van der Waals surface area contributed by atoms with Gasteiger partial charge in [0.05, 0.1) is 17.7 Å². The van der Waals surface area contributed by atoms with Crippen molar-refractivity contribution in [2.24, 2.45) is 5.73 Å². The molecule has 0 unspecified atom stereocenters. The van der Waals surface area contributed by atoms with Crippen LogP contribution in [-0.2, 0) is 18.4 Å². The Bertz CT molecular complexity index is 1610. The lowest BCUT2D eigenvalue weighted by Gasteiger charge is -2.28. The molecule has 0 spiro atoms. The summed E-state index contributed by atoms with van der Waals surface area (Å²) < 4.78 is 188. The van der Waals surface area contributed by atoms with Crippen molar-refractivity contribution in [3.8, 4) is 0 Å². The molecule has 20 heteroatoms. The molecule has 0 aliphatic heterocycles. The van der Waals surface area contributed by atoms with Gasteiger partial charge in [-0.15, -0.1) is 0 Å². The molecule has 2 aromatic carbocycles. The van der Waals surface area contributed by atoms with Gasteiger partial charge in [-0.2, -0.15) is 66.6 Å². The Morgan fingerprint density at radius 2 is 1.27 bits per heavy atom. The van der Waals surface area contributed by atoms with Gasteiger partial charge in [-0.05, 0) is 42.3 Å². The highest BCUT2D eigenvalue weighted by Gasteiger charge is 2.77. The van der Waals surface area contributed by atoms with Crippen LogP contribution in [0.15, 0.2) is 48.5 Å². The Hall–Kier alpha value is -4.39. The Morgan fingerprint density at radius 3 is 1.76 bits per heavy atom. The molecule has 3 N–H and O–H groups in total. The number of carbonyl (C=O) groups excluding carboxylic acids is 2. The number of primary amides is 1. The third-order valence-electron chi connectivity index (χ3n) is 6.23. The van der Waals surface area contributed by atoms with Gasteiger partial charge in [0.25, 0.3) is 5.91 Å². The summed E-state index contributed by atoms with van der Waals surface area (Å²) in [6.07, 6.45) is -14.1. The first-order chi connectivity index (χ1) is 20.3. The number of hydrogen-bond donors (Lipinski definition) is 2. The maximum Gasteiger partial charge on any atom is 0.460 e. The van der Waals surface area contributed by atoms with Crippen molar-refractivity contribution >= 4 is 17.5 Å². The summed E-state index contributed by atoms with van der Waals surface area (Å²) in [5.74, 6) is -29.0. The summed E-state index contributed by atoms with van der Waals surface area (Å²) in [4.78, 5) is 24.2. The maximum atomic E-state index is 14.6. The van der Waals surface area contributed by atoms with Crippen LogP contribution in [0, 0.1) is 6.92 Å². The lowest BCUT2D eigenvalue weighted by atomic mass is 10.0. The molecule has 2 amide bonds. The zero-order chi connectivity index (χ0) is 34.6. The van der Waals surface area contributed by atoms with Crippen molar-refractivity contribution in [3.05, 3.63) is 82.2 Å². The van der Waals surface area contributed by atoms with Crippen molar-refractivity contribution in [1.29, 1.82) is 0 Å². The zero-order valence-electron chi connectivity index (χ0n) is 21.9. The van der Waals surface area contributed by atoms with Crippen LogP contribution in [-0.4, -0.2) is 45.8 Å². The van der Waals surface area contributed by atoms with E-state index >= 15 is 0 Å². The molecule has 45 heavy (non-hydrogen) atoms. The van der Waals surface area contributed by atoms with Crippen LogP contribution >= 0.6 is 0 Å². The highest BCUT2D eigenvalue weighted by molar-refractivity contribution is 6.12. The predicted octanol–water partition coefficient (Wildman–Crippen LogP) is 7.17. The van der Waals surface area contributed by atoms with Gasteiger partial charge in [0, 0.05) is 5.69 Å². The number of nitrogens with one attached hydrogen (secondary N) is 1. The van der Waals surface area contributed by atoms with E-state index in [1.807, 2.05) is 0 Å². The third kappa shape index (κ3) is 6.13. The average molecular weight is 670 g/mol. The number of amides is 2. The highest BCUT2D eigenvalue weighted by Crippen LogP contribution is 2.55. The van der Waals surface area contributed by atoms with E-state index in [0.29, 0.717) is 0 Å². The van der Waals surface area contributed by atoms with E-state index in [1.165, 1.54) is 31.2 Å². The Labute approximate surface area is 241 Å².